The highest BCUT2D eigenvalue weighted by Gasteiger charge is 2.23. The van der Waals surface area contributed by atoms with Crippen LogP contribution in [0.5, 0.6) is 0 Å². The Kier molecular flexibility index (Phi) is 10.9. The predicted molar refractivity (Wildman–Crippen MR) is 167 cm³/mol. The molecule has 236 valence electrons. The van der Waals surface area contributed by atoms with Crippen LogP contribution in [0.15, 0.2) is 41.2 Å². The fourth-order valence-corrected chi connectivity index (χ4v) is 4.70. The number of carbonyl (C=O) groups excluding carboxylic acids is 3. The summed E-state index contributed by atoms with van der Waals surface area (Å²) in [5, 5.41) is 6.82. The number of hydroxylamine groups is 2. The Labute approximate surface area is 257 Å². The van der Waals surface area contributed by atoms with Crippen LogP contribution in [0, 0.1) is 0 Å². The molecule has 1 fully saturated rings. The third-order valence-electron chi connectivity index (χ3n) is 6.77. The van der Waals surface area contributed by atoms with Crippen LogP contribution in [-0.4, -0.2) is 82.2 Å². The Morgan fingerprint density at radius 3 is 2.48 bits per heavy atom. The van der Waals surface area contributed by atoms with Crippen LogP contribution in [0.25, 0.3) is 17.2 Å². The number of amides is 4. The van der Waals surface area contributed by atoms with Crippen molar-refractivity contribution in [2.24, 2.45) is 10.7 Å². The first kappa shape index (κ1) is 32.4. The van der Waals surface area contributed by atoms with Crippen molar-refractivity contribution in [3.05, 3.63) is 47.6 Å². The van der Waals surface area contributed by atoms with Crippen molar-refractivity contribution in [1.82, 2.24) is 30.6 Å². The SMILES string of the molecule is CCCN(OCCNC(=O)N1CCCC1)C(=O)C1=Cc2ccc(-c3cnc(CNC(=O)OC(C)(C)C)nc3)cc2N=C(N)C1. The van der Waals surface area contributed by atoms with E-state index in [-0.39, 0.29) is 31.5 Å². The molecule has 4 rings (SSSR count). The highest BCUT2D eigenvalue weighted by Crippen LogP contribution is 2.31. The number of nitrogens with zero attached hydrogens (tertiary/aromatic N) is 5. The van der Waals surface area contributed by atoms with Gasteiger partial charge in [0.05, 0.1) is 18.8 Å². The number of hydrogen-bond acceptors (Lipinski definition) is 9. The summed E-state index contributed by atoms with van der Waals surface area (Å²) in [4.78, 5) is 58.5. The Morgan fingerprint density at radius 1 is 1.07 bits per heavy atom. The van der Waals surface area contributed by atoms with E-state index in [9.17, 15) is 14.4 Å². The Balaban J connectivity index is 1.40. The van der Waals surface area contributed by atoms with Crippen molar-refractivity contribution in [1.29, 1.82) is 0 Å². The standard InChI is InChI=1S/C31H42N8O5/c1-5-11-39(43-14-10-33-29(41)38-12-6-7-13-38)28(40)23-15-22-9-8-21(16-25(22)37-26(32)17-23)24-18-34-27(35-19-24)20-36-30(42)44-31(2,3)4/h8-9,15-16,18-19H,5-7,10-14,17,20H2,1-4H3,(H2,32,37)(H,33,41)(H,36,42). The maximum atomic E-state index is 13.5. The zero-order valence-corrected chi connectivity index (χ0v) is 25.9. The van der Waals surface area contributed by atoms with Crippen LogP contribution in [0.3, 0.4) is 0 Å². The van der Waals surface area contributed by atoms with E-state index in [1.807, 2.05) is 25.1 Å². The second kappa shape index (κ2) is 14.8. The van der Waals surface area contributed by atoms with Crippen LogP contribution in [0.1, 0.15) is 64.8 Å². The van der Waals surface area contributed by atoms with Crippen molar-refractivity contribution in [2.75, 3.05) is 32.8 Å². The fourth-order valence-electron chi connectivity index (χ4n) is 4.70. The molecule has 1 aromatic carbocycles. The molecule has 2 aliphatic rings. The minimum Gasteiger partial charge on any atom is -0.444 e. The van der Waals surface area contributed by atoms with Gasteiger partial charge in [-0.3, -0.25) is 9.63 Å². The van der Waals surface area contributed by atoms with Crippen molar-refractivity contribution in [3.8, 4) is 11.1 Å². The Hall–Kier alpha value is -4.52. The molecule has 44 heavy (non-hydrogen) atoms. The van der Waals surface area contributed by atoms with E-state index in [1.165, 1.54) is 5.06 Å². The molecule has 1 aromatic heterocycles. The topological polar surface area (TPSA) is 164 Å². The average molecular weight is 607 g/mol. The molecule has 0 bridgehead atoms. The maximum Gasteiger partial charge on any atom is 0.408 e. The number of aromatic nitrogens is 2. The van der Waals surface area contributed by atoms with Crippen molar-refractivity contribution in [2.45, 2.75) is 65.5 Å². The number of carbonyl (C=O) groups is 3. The summed E-state index contributed by atoms with van der Waals surface area (Å²) in [5.74, 6) is 0.446. The summed E-state index contributed by atoms with van der Waals surface area (Å²) in [5.41, 5.74) is 9.05. The molecule has 13 nitrogen and oxygen atoms in total. The van der Waals surface area contributed by atoms with Gasteiger partial charge in [0.1, 0.15) is 17.3 Å². The number of nitrogens with two attached hydrogens (primary N) is 1. The summed E-state index contributed by atoms with van der Waals surface area (Å²) >= 11 is 0. The van der Waals surface area contributed by atoms with E-state index >= 15 is 0 Å². The number of aliphatic imine (C=N–C) groups is 1. The van der Waals surface area contributed by atoms with Gasteiger partial charge in [0, 0.05) is 61.7 Å². The second-order valence-corrected chi connectivity index (χ2v) is 11.6. The van der Waals surface area contributed by atoms with E-state index in [2.05, 4.69) is 25.6 Å². The first-order valence-corrected chi connectivity index (χ1v) is 15.0. The van der Waals surface area contributed by atoms with Gasteiger partial charge in [0.15, 0.2) is 0 Å². The van der Waals surface area contributed by atoms with Gasteiger partial charge in [-0.25, -0.2) is 29.6 Å². The number of likely N-dealkylation sites (tertiary alicyclic amines) is 1. The normalized spacial score (nSPS) is 14.6. The molecule has 0 spiro atoms. The van der Waals surface area contributed by atoms with Crippen LogP contribution < -0.4 is 16.4 Å². The van der Waals surface area contributed by atoms with Crippen LogP contribution in [0.2, 0.25) is 0 Å². The van der Waals surface area contributed by atoms with Crippen LogP contribution in [0.4, 0.5) is 15.3 Å². The number of fused-ring (bicyclic) bond motifs is 1. The fraction of sp³-hybridized carbons (Fsp3) is 0.484. The predicted octanol–water partition coefficient (Wildman–Crippen LogP) is 3.92. The minimum absolute atomic E-state index is 0.108. The molecule has 13 heteroatoms. The van der Waals surface area contributed by atoms with Gasteiger partial charge in [-0.05, 0) is 57.7 Å². The minimum atomic E-state index is -0.592. The highest BCUT2D eigenvalue weighted by molar-refractivity contribution is 6.05. The molecule has 0 unspecified atom stereocenters. The number of rotatable bonds is 10. The number of hydrogen-bond donors (Lipinski definition) is 3. The molecule has 4 N–H and O–H groups in total. The molecule has 1 saturated heterocycles. The molecule has 0 radical (unpaired) electrons. The quantitative estimate of drug-likeness (QED) is 0.271. The van der Waals surface area contributed by atoms with Crippen LogP contribution >= 0.6 is 0 Å². The summed E-state index contributed by atoms with van der Waals surface area (Å²) in [6.45, 7) is 9.86. The molecule has 4 amide bonds. The van der Waals surface area contributed by atoms with Gasteiger partial charge in [0.25, 0.3) is 5.91 Å². The van der Waals surface area contributed by atoms with E-state index in [1.54, 1.807) is 44.1 Å². The molecular weight excluding hydrogens is 564 g/mol. The lowest BCUT2D eigenvalue weighted by atomic mass is 10.0. The smallest absolute Gasteiger partial charge is 0.408 e. The Bertz CT molecular complexity index is 1390. The zero-order valence-electron chi connectivity index (χ0n) is 25.9. The lowest BCUT2D eigenvalue weighted by molar-refractivity contribution is -0.181. The van der Waals surface area contributed by atoms with Gasteiger partial charge < -0.3 is 26.0 Å². The number of benzene rings is 1. The lowest BCUT2D eigenvalue weighted by Gasteiger charge is -2.23. The molecule has 2 aliphatic heterocycles. The van der Waals surface area contributed by atoms with Gasteiger partial charge in [-0.2, -0.15) is 0 Å². The highest BCUT2D eigenvalue weighted by atomic mass is 16.7. The molecule has 2 aromatic rings. The van der Waals surface area contributed by atoms with Crippen LogP contribution in [-0.2, 0) is 20.9 Å². The van der Waals surface area contributed by atoms with Gasteiger partial charge in [0.2, 0.25) is 0 Å². The molecule has 0 saturated carbocycles. The van der Waals surface area contributed by atoms with Crippen molar-refractivity contribution >= 4 is 35.6 Å². The Morgan fingerprint density at radius 2 is 1.80 bits per heavy atom. The summed E-state index contributed by atoms with van der Waals surface area (Å²) < 4.78 is 5.24. The monoisotopic (exact) mass is 606 g/mol. The third-order valence-corrected chi connectivity index (χ3v) is 6.77. The second-order valence-electron chi connectivity index (χ2n) is 11.6. The number of ether oxygens (including phenoxy) is 1. The largest absolute Gasteiger partial charge is 0.444 e. The molecule has 3 heterocycles. The maximum absolute atomic E-state index is 13.5. The number of alkyl carbamates (subject to hydrolysis) is 1. The van der Waals surface area contributed by atoms with E-state index < -0.39 is 11.7 Å². The zero-order chi connectivity index (χ0) is 31.7. The van der Waals surface area contributed by atoms with Gasteiger partial charge >= 0.3 is 12.1 Å². The summed E-state index contributed by atoms with van der Waals surface area (Å²) in [6, 6.07) is 5.53. The summed E-state index contributed by atoms with van der Waals surface area (Å²) in [6.07, 6.45) is 7.49. The molecular formula is C31H42N8O5. The first-order valence-electron chi connectivity index (χ1n) is 15.0. The van der Waals surface area contributed by atoms with Crippen molar-refractivity contribution in [3.63, 3.8) is 0 Å². The number of amidine groups is 1. The number of nitrogens with one attached hydrogen (secondary N) is 2. The third kappa shape index (κ3) is 9.24. The first-order chi connectivity index (χ1) is 21.0. The molecule has 0 atom stereocenters. The van der Waals surface area contributed by atoms with E-state index in [0.717, 1.165) is 42.6 Å². The molecule has 0 aliphatic carbocycles. The van der Waals surface area contributed by atoms with Gasteiger partial charge in [-0.1, -0.05) is 19.1 Å². The van der Waals surface area contributed by atoms with Gasteiger partial charge in [-0.15, -0.1) is 0 Å². The average Bonchev–Trinajstić information content (AvgIpc) is 3.47. The van der Waals surface area contributed by atoms with Crippen molar-refractivity contribution < 1.29 is 24.0 Å². The van der Waals surface area contributed by atoms with E-state index in [4.69, 9.17) is 15.3 Å². The summed E-state index contributed by atoms with van der Waals surface area (Å²) in [7, 11) is 0. The lowest BCUT2D eigenvalue weighted by Crippen LogP contribution is -2.41. The van der Waals surface area contributed by atoms with E-state index in [0.29, 0.717) is 42.4 Å². The number of urea groups is 1.